The van der Waals surface area contributed by atoms with Gasteiger partial charge in [-0.1, -0.05) is 171 Å². The molecule has 0 radical (unpaired) electrons. The Kier molecular flexibility index (Phi) is 41.1. The topological polar surface area (TPSA) is 78.9 Å². The van der Waals surface area contributed by atoms with Crippen molar-refractivity contribution in [2.45, 2.75) is 207 Å². The Bertz CT molecular complexity index is 1070. The summed E-state index contributed by atoms with van der Waals surface area (Å²) >= 11 is 0. The van der Waals surface area contributed by atoms with Gasteiger partial charge in [0.15, 0.2) is 6.10 Å². The van der Waals surface area contributed by atoms with Crippen molar-refractivity contribution in [3.63, 3.8) is 0 Å². The molecule has 1 atom stereocenters. The number of allylic oxidation sites excluding steroid dienone is 12. The number of carbonyl (C=O) groups is 3. The first-order chi connectivity index (χ1) is 27.0. The zero-order valence-corrected chi connectivity index (χ0v) is 35.7. The lowest BCUT2D eigenvalue weighted by Gasteiger charge is -2.18. The van der Waals surface area contributed by atoms with Gasteiger partial charge < -0.3 is 14.2 Å². The van der Waals surface area contributed by atoms with Crippen LogP contribution < -0.4 is 0 Å². The van der Waals surface area contributed by atoms with Crippen LogP contribution in [0.15, 0.2) is 72.9 Å². The quantitative estimate of drug-likeness (QED) is 0.0268. The van der Waals surface area contributed by atoms with Crippen molar-refractivity contribution >= 4 is 17.9 Å². The fraction of sp³-hybridized carbons (Fsp3) is 0.694. The zero-order valence-electron chi connectivity index (χ0n) is 35.7. The summed E-state index contributed by atoms with van der Waals surface area (Å²) < 4.78 is 16.6. The minimum atomic E-state index is -0.788. The van der Waals surface area contributed by atoms with Crippen LogP contribution in [0.2, 0.25) is 0 Å². The molecule has 0 N–H and O–H groups in total. The van der Waals surface area contributed by atoms with Gasteiger partial charge in [-0.05, 0) is 83.5 Å². The third kappa shape index (κ3) is 41.8. The molecule has 0 aromatic heterocycles. The van der Waals surface area contributed by atoms with Crippen molar-refractivity contribution < 1.29 is 28.6 Å². The van der Waals surface area contributed by atoms with E-state index in [9.17, 15) is 14.4 Å². The van der Waals surface area contributed by atoms with Crippen LogP contribution >= 0.6 is 0 Å². The van der Waals surface area contributed by atoms with Gasteiger partial charge in [0.1, 0.15) is 13.2 Å². The number of esters is 3. The van der Waals surface area contributed by atoms with Gasteiger partial charge in [-0.2, -0.15) is 0 Å². The van der Waals surface area contributed by atoms with Crippen molar-refractivity contribution in [2.24, 2.45) is 0 Å². The minimum Gasteiger partial charge on any atom is -0.462 e. The van der Waals surface area contributed by atoms with Gasteiger partial charge in [-0.25, -0.2) is 0 Å². The SMILES string of the molecule is CC/C=C\C/C=C\C/C=C\C/C=C\CCCCCCC(=O)OCC(COC(=O)CCCCCCCCC)OC(=O)CCCCCCC/C=C\C/C=C\CCC. The highest BCUT2D eigenvalue weighted by molar-refractivity contribution is 5.71. The van der Waals surface area contributed by atoms with E-state index < -0.39 is 6.10 Å². The molecule has 0 amide bonds. The highest BCUT2D eigenvalue weighted by Crippen LogP contribution is 2.12. The average molecular weight is 767 g/mol. The highest BCUT2D eigenvalue weighted by Gasteiger charge is 2.19. The van der Waals surface area contributed by atoms with Crippen LogP contribution in [-0.2, 0) is 28.6 Å². The van der Waals surface area contributed by atoms with Crippen LogP contribution in [0.3, 0.4) is 0 Å². The zero-order chi connectivity index (χ0) is 40.1. The van der Waals surface area contributed by atoms with Crippen LogP contribution in [0.5, 0.6) is 0 Å². The van der Waals surface area contributed by atoms with Crippen molar-refractivity contribution in [3.8, 4) is 0 Å². The largest absolute Gasteiger partial charge is 0.462 e. The van der Waals surface area contributed by atoms with Gasteiger partial charge in [0.25, 0.3) is 0 Å². The van der Waals surface area contributed by atoms with Gasteiger partial charge in [0, 0.05) is 19.3 Å². The first-order valence-electron chi connectivity index (χ1n) is 22.4. The Balaban J connectivity index is 4.38. The summed E-state index contributed by atoms with van der Waals surface area (Å²) in [5, 5.41) is 0. The lowest BCUT2D eigenvalue weighted by atomic mass is 10.1. The molecule has 0 bridgehead atoms. The highest BCUT2D eigenvalue weighted by atomic mass is 16.6. The molecule has 314 valence electrons. The van der Waals surface area contributed by atoms with E-state index in [1.54, 1.807) is 0 Å². The third-order valence-electron chi connectivity index (χ3n) is 9.18. The van der Waals surface area contributed by atoms with Crippen LogP contribution in [0, 0.1) is 0 Å². The van der Waals surface area contributed by atoms with E-state index in [0.717, 1.165) is 128 Å². The van der Waals surface area contributed by atoms with Crippen molar-refractivity contribution in [2.75, 3.05) is 13.2 Å². The molecule has 0 rings (SSSR count). The molecule has 0 saturated carbocycles. The van der Waals surface area contributed by atoms with Crippen LogP contribution in [0.4, 0.5) is 0 Å². The number of ether oxygens (including phenoxy) is 3. The van der Waals surface area contributed by atoms with Crippen molar-refractivity contribution in [1.29, 1.82) is 0 Å². The summed E-state index contributed by atoms with van der Waals surface area (Å²) in [7, 11) is 0. The molecule has 6 heteroatoms. The molecular formula is C49H82O6. The second-order valence-electron chi connectivity index (χ2n) is 14.6. The Morgan fingerprint density at radius 3 is 1.18 bits per heavy atom. The maximum absolute atomic E-state index is 12.7. The second-order valence-corrected chi connectivity index (χ2v) is 14.6. The predicted octanol–water partition coefficient (Wildman–Crippen LogP) is 14.3. The molecule has 0 aliphatic rings. The van der Waals surface area contributed by atoms with Gasteiger partial charge in [0.05, 0.1) is 0 Å². The lowest BCUT2D eigenvalue weighted by molar-refractivity contribution is -0.167. The fourth-order valence-electron chi connectivity index (χ4n) is 5.82. The van der Waals surface area contributed by atoms with E-state index in [-0.39, 0.29) is 31.1 Å². The number of hydrogen-bond donors (Lipinski definition) is 0. The molecule has 0 aromatic rings. The standard InChI is InChI=1S/C49H82O6/c1-4-7-10-13-16-18-20-22-23-24-25-27-28-30-33-36-39-42-48(51)54-45-46(44-53-47(50)41-38-35-32-15-12-9-6-3)55-49(52)43-40-37-34-31-29-26-21-19-17-14-11-8-5-2/h7,10-11,14,16,18-19,21-23,25,27,46H,4-6,8-9,12-13,15,17,20,24,26,28-45H2,1-3H3/b10-7-,14-11-,18-16-,21-19-,23-22-,27-25-. The van der Waals surface area contributed by atoms with Crippen LogP contribution in [0.25, 0.3) is 0 Å². The Hall–Kier alpha value is -3.15. The number of hydrogen-bond acceptors (Lipinski definition) is 6. The summed E-state index contributed by atoms with van der Waals surface area (Å²) in [6.07, 6.45) is 53.2. The maximum atomic E-state index is 12.7. The smallest absolute Gasteiger partial charge is 0.306 e. The van der Waals surface area contributed by atoms with E-state index in [4.69, 9.17) is 14.2 Å². The fourth-order valence-corrected chi connectivity index (χ4v) is 5.82. The molecule has 1 unspecified atom stereocenters. The molecule has 0 spiro atoms. The van der Waals surface area contributed by atoms with Gasteiger partial charge in [0.2, 0.25) is 0 Å². The Morgan fingerprint density at radius 1 is 0.382 bits per heavy atom. The first-order valence-corrected chi connectivity index (χ1v) is 22.4. The molecular weight excluding hydrogens is 685 g/mol. The Morgan fingerprint density at radius 2 is 0.745 bits per heavy atom. The number of carbonyl (C=O) groups excluding carboxylic acids is 3. The molecule has 55 heavy (non-hydrogen) atoms. The molecule has 0 heterocycles. The normalized spacial score (nSPS) is 12.7. The second kappa shape index (κ2) is 43.6. The van der Waals surface area contributed by atoms with Crippen LogP contribution in [-0.4, -0.2) is 37.2 Å². The molecule has 0 aliphatic carbocycles. The first kappa shape index (κ1) is 51.9. The number of rotatable bonds is 39. The van der Waals surface area contributed by atoms with Gasteiger partial charge in [-0.3, -0.25) is 14.4 Å². The monoisotopic (exact) mass is 767 g/mol. The van der Waals surface area contributed by atoms with Gasteiger partial charge in [-0.15, -0.1) is 0 Å². The molecule has 0 saturated heterocycles. The van der Waals surface area contributed by atoms with E-state index in [1.807, 2.05) is 0 Å². The summed E-state index contributed by atoms with van der Waals surface area (Å²) in [5.74, 6) is -0.942. The van der Waals surface area contributed by atoms with E-state index in [1.165, 1.54) is 32.1 Å². The molecule has 6 nitrogen and oxygen atoms in total. The van der Waals surface area contributed by atoms with E-state index in [0.29, 0.717) is 19.3 Å². The predicted molar refractivity (Wildman–Crippen MR) is 233 cm³/mol. The maximum Gasteiger partial charge on any atom is 0.306 e. The third-order valence-corrected chi connectivity index (χ3v) is 9.18. The Labute approximate surface area is 338 Å². The molecule has 0 aliphatic heterocycles. The minimum absolute atomic E-state index is 0.0897. The molecule has 0 aromatic carbocycles. The summed E-state index contributed by atoms with van der Waals surface area (Å²) in [5.41, 5.74) is 0. The summed E-state index contributed by atoms with van der Waals surface area (Å²) in [6, 6.07) is 0. The van der Waals surface area contributed by atoms with Crippen molar-refractivity contribution in [3.05, 3.63) is 72.9 Å². The summed E-state index contributed by atoms with van der Waals surface area (Å²) in [6.45, 7) is 6.36. The van der Waals surface area contributed by atoms with Gasteiger partial charge >= 0.3 is 17.9 Å². The van der Waals surface area contributed by atoms with Crippen molar-refractivity contribution in [1.82, 2.24) is 0 Å². The van der Waals surface area contributed by atoms with E-state index >= 15 is 0 Å². The lowest BCUT2D eigenvalue weighted by Crippen LogP contribution is -2.30. The summed E-state index contributed by atoms with van der Waals surface area (Å²) in [4.78, 5) is 37.6. The van der Waals surface area contributed by atoms with E-state index in [2.05, 4.69) is 93.7 Å². The average Bonchev–Trinajstić information content (AvgIpc) is 3.18. The van der Waals surface area contributed by atoms with Crippen LogP contribution in [0.1, 0.15) is 201 Å². The molecule has 0 fully saturated rings. The number of unbranched alkanes of at least 4 members (excludes halogenated alkanes) is 16.